The minimum absolute atomic E-state index is 0.0650. The number of rotatable bonds is 7. The fourth-order valence-electron chi connectivity index (χ4n) is 2.29. The highest BCUT2D eigenvalue weighted by Crippen LogP contribution is 2.30. The van der Waals surface area contributed by atoms with E-state index in [0.29, 0.717) is 38.1 Å². The lowest BCUT2D eigenvalue weighted by atomic mass is 10.3. The minimum atomic E-state index is -0.277. The maximum atomic E-state index is 12.3. The van der Waals surface area contributed by atoms with Crippen LogP contribution in [0.5, 0.6) is 11.5 Å². The highest BCUT2D eigenvalue weighted by molar-refractivity contribution is 7.99. The van der Waals surface area contributed by atoms with E-state index < -0.39 is 0 Å². The quantitative estimate of drug-likeness (QED) is 0.560. The summed E-state index contributed by atoms with van der Waals surface area (Å²) in [6.45, 7) is 0. The van der Waals surface area contributed by atoms with Gasteiger partial charge in [-0.05, 0) is 40.8 Å². The average molecular weight is 440 g/mol. The van der Waals surface area contributed by atoms with E-state index in [1.165, 1.54) is 4.68 Å². The van der Waals surface area contributed by atoms with Gasteiger partial charge in [-0.25, -0.2) is 0 Å². The Morgan fingerprint density at radius 2 is 2.00 bits per heavy atom. The smallest absolute Gasteiger partial charge is 0.234 e. The monoisotopic (exact) mass is 439 g/mol. The Hall–Kier alpha value is -2.49. The van der Waals surface area contributed by atoms with Crippen molar-refractivity contribution < 1.29 is 14.3 Å². The molecule has 0 aliphatic heterocycles. The molecule has 2 aromatic carbocycles. The zero-order valence-electron chi connectivity index (χ0n) is 14.8. The molecule has 28 heavy (non-hydrogen) atoms. The van der Waals surface area contributed by atoms with Gasteiger partial charge in [-0.2, -0.15) is 4.68 Å². The number of amides is 1. The number of thioether (sulfide) groups is 1. The third-order valence-corrected chi connectivity index (χ3v) is 5.07. The summed E-state index contributed by atoms with van der Waals surface area (Å²) in [5.74, 6) is 0.970. The van der Waals surface area contributed by atoms with Crippen molar-refractivity contribution in [3.63, 3.8) is 0 Å². The lowest BCUT2D eigenvalue weighted by molar-refractivity contribution is -0.113. The number of hydrogen-bond donors (Lipinski definition) is 1. The number of anilines is 1. The molecule has 1 amide bonds. The van der Waals surface area contributed by atoms with Crippen LogP contribution in [0.1, 0.15) is 0 Å². The SMILES string of the molecule is COc1ccc(OC)c(-n2nnnc2SCC(=O)Nc2cc(Cl)ccc2Cl)c1. The highest BCUT2D eigenvalue weighted by atomic mass is 35.5. The van der Waals surface area contributed by atoms with Crippen LogP contribution in [-0.4, -0.2) is 46.1 Å². The molecule has 0 atom stereocenters. The van der Waals surface area contributed by atoms with E-state index in [-0.39, 0.29) is 11.7 Å². The Morgan fingerprint density at radius 3 is 2.75 bits per heavy atom. The van der Waals surface area contributed by atoms with Gasteiger partial charge in [-0.15, -0.1) is 5.10 Å². The number of carbonyl (C=O) groups excluding carboxylic acids is 1. The van der Waals surface area contributed by atoms with Gasteiger partial charge in [0, 0.05) is 11.1 Å². The molecular weight excluding hydrogens is 425 g/mol. The second kappa shape index (κ2) is 9.13. The Bertz CT molecular complexity index is 999. The van der Waals surface area contributed by atoms with Crippen molar-refractivity contribution in [1.29, 1.82) is 0 Å². The predicted molar refractivity (Wildman–Crippen MR) is 108 cm³/mol. The molecule has 1 aromatic heterocycles. The van der Waals surface area contributed by atoms with Gasteiger partial charge in [0.15, 0.2) is 0 Å². The molecule has 0 radical (unpaired) electrons. The Labute approximate surface area is 175 Å². The first-order chi connectivity index (χ1) is 13.5. The van der Waals surface area contributed by atoms with Crippen LogP contribution in [0.2, 0.25) is 10.0 Å². The van der Waals surface area contributed by atoms with Gasteiger partial charge in [-0.1, -0.05) is 35.0 Å². The molecule has 0 spiro atoms. The molecule has 0 aliphatic carbocycles. The van der Waals surface area contributed by atoms with E-state index in [9.17, 15) is 4.79 Å². The van der Waals surface area contributed by atoms with Crippen molar-refractivity contribution in [2.45, 2.75) is 5.16 Å². The minimum Gasteiger partial charge on any atom is -0.497 e. The Kier molecular flexibility index (Phi) is 6.61. The molecule has 1 heterocycles. The van der Waals surface area contributed by atoms with E-state index in [1.54, 1.807) is 50.6 Å². The van der Waals surface area contributed by atoms with Gasteiger partial charge in [0.25, 0.3) is 0 Å². The number of aromatic nitrogens is 4. The van der Waals surface area contributed by atoms with Gasteiger partial charge in [-0.3, -0.25) is 4.79 Å². The summed E-state index contributed by atoms with van der Waals surface area (Å²) in [6, 6.07) is 10.1. The van der Waals surface area contributed by atoms with Crippen LogP contribution in [0, 0.1) is 0 Å². The van der Waals surface area contributed by atoms with Crippen LogP contribution >= 0.6 is 35.0 Å². The molecule has 146 valence electrons. The van der Waals surface area contributed by atoms with Crippen molar-refractivity contribution in [2.75, 3.05) is 25.3 Å². The van der Waals surface area contributed by atoms with Crippen molar-refractivity contribution in [3.8, 4) is 17.2 Å². The largest absolute Gasteiger partial charge is 0.497 e. The summed E-state index contributed by atoms with van der Waals surface area (Å²) < 4.78 is 12.1. The normalized spacial score (nSPS) is 10.6. The van der Waals surface area contributed by atoms with Crippen LogP contribution < -0.4 is 14.8 Å². The van der Waals surface area contributed by atoms with Gasteiger partial charge in [0.2, 0.25) is 11.1 Å². The van der Waals surface area contributed by atoms with Crippen LogP contribution in [0.4, 0.5) is 5.69 Å². The van der Waals surface area contributed by atoms with Crippen LogP contribution in [0.25, 0.3) is 5.69 Å². The fourth-order valence-corrected chi connectivity index (χ4v) is 3.31. The summed E-state index contributed by atoms with van der Waals surface area (Å²) in [5.41, 5.74) is 1.03. The van der Waals surface area contributed by atoms with Gasteiger partial charge >= 0.3 is 0 Å². The second-order valence-corrected chi connectivity index (χ2v) is 7.16. The van der Waals surface area contributed by atoms with E-state index >= 15 is 0 Å². The van der Waals surface area contributed by atoms with E-state index in [1.807, 2.05) is 0 Å². The molecule has 0 unspecified atom stereocenters. The topological polar surface area (TPSA) is 91.2 Å². The maximum Gasteiger partial charge on any atom is 0.234 e. The summed E-state index contributed by atoms with van der Waals surface area (Å²) in [6.07, 6.45) is 0. The number of hydrogen-bond acceptors (Lipinski definition) is 7. The van der Waals surface area contributed by atoms with E-state index in [0.717, 1.165) is 11.8 Å². The molecule has 1 N–H and O–H groups in total. The second-order valence-electron chi connectivity index (χ2n) is 5.37. The molecule has 0 aliphatic rings. The lowest BCUT2D eigenvalue weighted by Crippen LogP contribution is -2.15. The molecule has 3 aromatic rings. The molecule has 11 heteroatoms. The van der Waals surface area contributed by atoms with Crippen LogP contribution in [0.3, 0.4) is 0 Å². The average Bonchev–Trinajstić information content (AvgIpc) is 3.17. The first-order valence-electron chi connectivity index (χ1n) is 7.90. The number of nitrogens with zero attached hydrogens (tertiary/aromatic N) is 4. The molecule has 0 saturated carbocycles. The molecule has 8 nitrogen and oxygen atoms in total. The number of carbonyl (C=O) groups is 1. The molecule has 0 bridgehead atoms. The number of nitrogens with one attached hydrogen (secondary N) is 1. The number of methoxy groups -OCH3 is 2. The Balaban J connectivity index is 1.74. The van der Waals surface area contributed by atoms with E-state index in [4.69, 9.17) is 32.7 Å². The maximum absolute atomic E-state index is 12.3. The number of ether oxygens (including phenoxy) is 2. The highest BCUT2D eigenvalue weighted by Gasteiger charge is 2.16. The third-order valence-electron chi connectivity index (χ3n) is 3.59. The van der Waals surface area contributed by atoms with Crippen LogP contribution in [0.15, 0.2) is 41.6 Å². The first-order valence-corrected chi connectivity index (χ1v) is 9.64. The fraction of sp³-hybridized carbons (Fsp3) is 0.176. The number of halogens is 2. The van der Waals surface area contributed by atoms with Gasteiger partial charge < -0.3 is 14.8 Å². The van der Waals surface area contributed by atoms with E-state index in [2.05, 4.69) is 20.8 Å². The zero-order valence-corrected chi connectivity index (χ0v) is 17.2. The van der Waals surface area contributed by atoms with Crippen molar-refractivity contribution in [1.82, 2.24) is 20.2 Å². The standard InChI is InChI=1S/C17H15Cl2N5O3S/c1-26-11-4-6-15(27-2)14(8-11)24-17(21-22-23-24)28-9-16(25)20-13-7-10(18)3-5-12(13)19/h3-8H,9H2,1-2H3,(H,20,25). The first kappa shape index (κ1) is 20.2. The summed E-state index contributed by atoms with van der Waals surface area (Å²) >= 11 is 13.2. The predicted octanol–water partition coefficient (Wildman–Crippen LogP) is 3.72. The summed E-state index contributed by atoms with van der Waals surface area (Å²) in [5, 5.41) is 15.7. The summed E-state index contributed by atoms with van der Waals surface area (Å²) in [4.78, 5) is 12.3. The van der Waals surface area contributed by atoms with Crippen molar-refractivity contribution in [2.24, 2.45) is 0 Å². The molecule has 3 rings (SSSR count). The number of benzene rings is 2. The number of tetrazole rings is 1. The van der Waals surface area contributed by atoms with Crippen LogP contribution in [-0.2, 0) is 4.79 Å². The lowest BCUT2D eigenvalue weighted by Gasteiger charge is -2.11. The third kappa shape index (κ3) is 4.67. The van der Waals surface area contributed by atoms with Crippen molar-refractivity contribution in [3.05, 3.63) is 46.4 Å². The van der Waals surface area contributed by atoms with Gasteiger partial charge in [0.1, 0.15) is 17.2 Å². The molecule has 0 fully saturated rings. The molecular formula is C17H15Cl2N5O3S. The van der Waals surface area contributed by atoms with Gasteiger partial charge in [0.05, 0.1) is 30.7 Å². The van der Waals surface area contributed by atoms with Crippen molar-refractivity contribution >= 4 is 46.6 Å². The summed E-state index contributed by atoms with van der Waals surface area (Å²) in [7, 11) is 3.11. The Morgan fingerprint density at radius 1 is 1.18 bits per heavy atom. The molecule has 0 saturated heterocycles. The zero-order chi connectivity index (χ0) is 20.1.